The average Bonchev–Trinajstić information content (AvgIpc) is 2.35. The highest BCUT2D eigenvalue weighted by Gasteiger charge is 2.12. The minimum absolute atomic E-state index is 0.105. The molecular formula is C15H23BrO2. The van der Waals surface area contributed by atoms with Crippen LogP contribution in [-0.2, 0) is 9.47 Å². The van der Waals surface area contributed by atoms with Gasteiger partial charge in [0.2, 0.25) is 0 Å². The van der Waals surface area contributed by atoms with Crippen LogP contribution >= 0.6 is 15.9 Å². The Morgan fingerprint density at radius 2 is 1.89 bits per heavy atom. The van der Waals surface area contributed by atoms with Crippen LogP contribution in [0.3, 0.4) is 0 Å². The van der Waals surface area contributed by atoms with Gasteiger partial charge in [-0.05, 0) is 24.0 Å². The Balaban J connectivity index is 2.36. The van der Waals surface area contributed by atoms with Crippen LogP contribution in [0.1, 0.15) is 31.1 Å². The summed E-state index contributed by atoms with van der Waals surface area (Å²) in [7, 11) is 0. The van der Waals surface area contributed by atoms with Gasteiger partial charge in [0.05, 0.1) is 19.3 Å². The number of hydrogen-bond acceptors (Lipinski definition) is 2. The summed E-state index contributed by atoms with van der Waals surface area (Å²) < 4.78 is 11.4. The van der Waals surface area contributed by atoms with Crippen LogP contribution in [0.4, 0.5) is 0 Å². The Labute approximate surface area is 119 Å². The van der Waals surface area contributed by atoms with Crippen molar-refractivity contribution in [1.29, 1.82) is 0 Å². The molecule has 0 aliphatic rings. The fraction of sp³-hybridized carbons (Fsp3) is 0.600. The van der Waals surface area contributed by atoms with Gasteiger partial charge in [0.25, 0.3) is 0 Å². The second-order valence-corrected chi connectivity index (χ2v) is 5.49. The highest BCUT2D eigenvalue weighted by molar-refractivity contribution is 9.09. The van der Waals surface area contributed by atoms with Gasteiger partial charge < -0.3 is 9.47 Å². The highest BCUT2D eigenvalue weighted by atomic mass is 79.9. The standard InChI is InChI=1S/C15H23BrO2/c1-12(2)11-17-8-9-18-15(10-16)14-7-5-4-6-13(14)3/h4-7,12,15H,8-11H2,1-3H3. The fourth-order valence-electron chi connectivity index (χ4n) is 1.73. The van der Waals surface area contributed by atoms with E-state index in [0.29, 0.717) is 19.1 Å². The van der Waals surface area contributed by atoms with Crippen molar-refractivity contribution in [2.24, 2.45) is 5.92 Å². The molecule has 1 rings (SSSR count). The van der Waals surface area contributed by atoms with Crippen molar-refractivity contribution in [3.8, 4) is 0 Å². The van der Waals surface area contributed by atoms with E-state index in [1.807, 2.05) is 0 Å². The highest BCUT2D eigenvalue weighted by Crippen LogP contribution is 2.22. The van der Waals surface area contributed by atoms with E-state index < -0.39 is 0 Å². The second-order valence-electron chi connectivity index (χ2n) is 4.84. The van der Waals surface area contributed by atoms with Crippen molar-refractivity contribution in [3.05, 3.63) is 35.4 Å². The summed E-state index contributed by atoms with van der Waals surface area (Å²) in [6, 6.07) is 8.34. The number of rotatable bonds is 8. The van der Waals surface area contributed by atoms with Crippen molar-refractivity contribution >= 4 is 15.9 Å². The molecular weight excluding hydrogens is 292 g/mol. The normalized spacial score (nSPS) is 12.9. The monoisotopic (exact) mass is 314 g/mol. The van der Waals surface area contributed by atoms with Crippen LogP contribution in [0.25, 0.3) is 0 Å². The lowest BCUT2D eigenvalue weighted by Gasteiger charge is -2.18. The van der Waals surface area contributed by atoms with Gasteiger partial charge in [-0.2, -0.15) is 0 Å². The van der Waals surface area contributed by atoms with Crippen molar-refractivity contribution in [3.63, 3.8) is 0 Å². The molecule has 102 valence electrons. The lowest BCUT2D eigenvalue weighted by atomic mass is 10.0. The van der Waals surface area contributed by atoms with Crippen LogP contribution < -0.4 is 0 Å². The topological polar surface area (TPSA) is 18.5 Å². The molecule has 18 heavy (non-hydrogen) atoms. The SMILES string of the molecule is Cc1ccccc1C(CBr)OCCOCC(C)C. The van der Waals surface area contributed by atoms with Crippen molar-refractivity contribution in [2.75, 3.05) is 25.2 Å². The largest absolute Gasteiger partial charge is 0.379 e. The maximum absolute atomic E-state index is 5.87. The van der Waals surface area contributed by atoms with E-state index >= 15 is 0 Å². The van der Waals surface area contributed by atoms with Gasteiger partial charge in [0.15, 0.2) is 0 Å². The van der Waals surface area contributed by atoms with Gasteiger partial charge in [0, 0.05) is 11.9 Å². The number of ether oxygens (including phenoxy) is 2. The summed E-state index contributed by atoms with van der Waals surface area (Å²) in [5.74, 6) is 0.577. The summed E-state index contributed by atoms with van der Waals surface area (Å²) in [5.41, 5.74) is 2.52. The van der Waals surface area contributed by atoms with E-state index in [4.69, 9.17) is 9.47 Å². The lowest BCUT2D eigenvalue weighted by Crippen LogP contribution is -2.13. The van der Waals surface area contributed by atoms with E-state index in [-0.39, 0.29) is 6.10 Å². The molecule has 3 heteroatoms. The maximum Gasteiger partial charge on any atom is 0.0925 e. The smallest absolute Gasteiger partial charge is 0.0925 e. The number of benzene rings is 1. The van der Waals surface area contributed by atoms with E-state index in [1.165, 1.54) is 11.1 Å². The quantitative estimate of drug-likeness (QED) is 0.531. The molecule has 1 aromatic rings. The molecule has 0 aliphatic heterocycles. The first-order valence-corrected chi connectivity index (χ1v) is 7.58. The fourth-order valence-corrected chi connectivity index (χ4v) is 2.27. The van der Waals surface area contributed by atoms with Gasteiger partial charge in [-0.25, -0.2) is 0 Å². The zero-order valence-electron chi connectivity index (χ0n) is 11.5. The third kappa shape index (κ3) is 5.51. The maximum atomic E-state index is 5.87. The van der Waals surface area contributed by atoms with Crippen molar-refractivity contribution < 1.29 is 9.47 Å². The van der Waals surface area contributed by atoms with Crippen molar-refractivity contribution in [1.82, 2.24) is 0 Å². The summed E-state index contributed by atoms with van der Waals surface area (Å²) >= 11 is 3.51. The van der Waals surface area contributed by atoms with Crippen LogP contribution in [0.15, 0.2) is 24.3 Å². The van der Waals surface area contributed by atoms with Crippen LogP contribution in [0.5, 0.6) is 0 Å². The number of aryl methyl sites for hydroxylation is 1. The zero-order valence-corrected chi connectivity index (χ0v) is 13.1. The summed E-state index contributed by atoms with van der Waals surface area (Å²) in [5, 5.41) is 0.808. The van der Waals surface area contributed by atoms with E-state index in [2.05, 4.69) is 61.0 Å². The molecule has 0 saturated carbocycles. The molecule has 0 bridgehead atoms. The molecule has 0 radical (unpaired) electrons. The Kier molecular flexibility index (Phi) is 7.56. The van der Waals surface area contributed by atoms with Crippen LogP contribution in [0.2, 0.25) is 0 Å². The van der Waals surface area contributed by atoms with E-state index in [1.54, 1.807) is 0 Å². The molecule has 0 fully saturated rings. The first-order valence-electron chi connectivity index (χ1n) is 6.46. The molecule has 1 atom stereocenters. The predicted octanol–water partition coefficient (Wildman–Crippen LogP) is 4.12. The lowest BCUT2D eigenvalue weighted by molar-refractivity contribution is 0.00741. The Morgan fingerprint density at radius 3 is 2.50 bits per heavy atom. The summed E-state index contributed by atoms with van der Waals surface area (Å²) in [6.07, 6.45) is 0.105. The molecule has 0 spiro atoms. The molecule has 1 unspecified atom stereocenters. The van der Waals surface area contributed by atoms with Crippen LogP contribution in [0, 0.1) is 12.8 Å². The van der Waals surface area contributed by atoms with Gasteiger partial charge >= 0.3 is 0 Å². The summed E-state index contributed by atoms with van der Waals surface area (Å²) in [6.45, 7) is 8.51. The Hall–Kier alpha value is -0.380. The molecule has 0 heterocycles. The first-order chi connectivity index (χ1) is 8.65. The van der Waals surface area contributed by atoms with Gasteiger partial charge in [-0.1, -0.05) is 54.0 Å². The summed E-state index contributed by atoms with van der Waals surface area (Å²) in [4.78, 5) is 0. The van der Waals surface area contributed by atoms with E-state index in [0.717, 1.165) is 11.9 Å². The van der Waals surface area contributed by atoms with Crippen molar-refractivity contribution in [2.45, 2.75) is 26.9 Å². The number of halogens is 1. The third-order valence-corrected chi connectivity index (χ3v) is 3.26. The molecule has 0 saturated heterocycles. The van der Waals surface area contributed by atoms with E-state index in [9.17, 15) is 0 Å². The molecule has 2 nitrogen and oxygen atoms in total. The number of alkyl halides is 1. The molecule has 0 aliphatic carbocycles. The third-order valence-electron chi connectivity index (χ3n) is 2.67. The average molecular weight is 315 g/mol. The molecule has 0 aromatic heterocycles. The van der Waals surface area contributed by atoms with Crippen LogP contribution in [-0.4, -0.2) is 25.2 Å². The Morgan fingerprint density at radius 1 is 1.17 bits per heavy atom. The predicted molar refractivity (Wildman–Crippen MR) is 79.3 cm³/mol. The number of hydrogen-bond donors (Lipinski definition) is 0. The second kappa shape index (κ2) is 8.68. The minimum Gasteiger partial charge on any atom is -0.379 e. The first kappa shape index (κ1) is 15.7. The molecule has 1 aromatic carbocycles. The minimum atomic E-state index is 0.105. The Bertz CT molecular complexity index is 339. The zero-order chi connectivity index (χ0) is 13.4. The van der Waals surface area contributed by atoms with Gasteiger partial charge in [0.1, 0.15) is 0 Å². The van der Waals surface area contributed by atoms with Gasteiger partial charge in [-0.15, -0.1) is 0 Å². The molecule has 0 amide bonds. The van der Waals surface area contributed by atoms with Gasteiger partial charge in [-0.3, -0.25) is 0 Å². The molecule has 0 N–H and O–H groups in total.